The van der Waals surface area contributed by atoms with Gasteiger partial charge in [0.25, 0.3) is 5.91 Å². The number of fused-ring (bicyclic) bond motifs is 3. The first-order valence-corrected chi connectivity index (χ1v) is 8.46. The van der Waals surface area contributed by atoms with Crippen LogP contribution in [-0.4, -0.2) is 44.0 Å². The second-order valence-corrected chi connectivity index (χ2v) is 7.13. The van der Waals surface area contributed by atoms with Crippen molar-refractivity contribution in [2.24, 2.45) is 23.5 Å². The number of nitrogens with two attached hydrogens (primary N) is 1. The molecule has 1 fully saturated rings. The first-order valence-electron chi connectivity index (χ1n) is 8.46. The van der Waals surface area contributed by atoms with Crippen LogP contribution >= 0.6 is 0 Å². The zero-order valence-electron chi connectivity index (χ0n) is 14.0. The van der Waals surface area contributed by atoms with E-state index in [1.165, 1.54) is 6.07 Å². The van der Waals surface area contributed by atoms with Gasteiger partial charge >= 0.3 is 0 Å². The molecular formula is C19H17NO7. The van der Waals surface area contributed by atoms with Crippen molar-refractivity contribution in [3.05, 3.63) is 46.2 Å². The minimum atomic E-state index is -1.35. The number of hydrogen-bond donors (Lipinski definition) is 5. The number of phenols is 1. The molecule has 2 unspecified atom stereocenters. The Balaban J connectivity index is 1.92. The van der Waals surface area contributed by atoms with Crippen LogP contribution in [0.2, 0.25) is 0 Å². The summed E-state index contributed by atoms with van der Waals surface area (Å²) < 4.78 is 0. The van der Waals surface area contributed by atoms with Gasteiger partial charge in [0.05, 0.1) is 17.6 Å². The number of allylic oxidation sites excluding steroid dienone is 1. The first kappa shape index (κ1) is 17.3. The molecule has 4 atom stereocenters. The predicted molar refractivity (Wildman–Crippen MR) is 91.3 cm³/mol. The van der Waals surface area contributed by atoms with Crippen molar-refractivity contribution in [2.75, 3.05) is 0 Å². The Bertz CT molecular complexity index is 974. The molecule has 8 heteroatoms. The van der Waals surface area contributed by atoms with Gasteiger partial charge in [0.15, 0.2) is 11.6 Å². The van der Waals surface area contributed by atoms with Crippen molar-refractivity contribution in [1.82, 2.24) is 0 Å². The van der Waals surface area contributed by atoms with E-state index in [1.54, 1.807) is 12.1 Å². The maximum absolute atomic E-state index is 13.1. The van der Waals surface area contributed by atoms with E-state index >= 15 is 0 Å². The largest absolute Gasteiger partial charge is 0.511 e. The summed E-state index contributed by atoms with van der Waals surface area (Å²) in [5.74, 6) is -7.06. The molecule has 0 aromatic heterocycles. The van der Waals surface area contributed by atoms with Crippen molar-refractivity contribution in [2.45, 2.75) is 18.9 Å². The number of ketones is 2. The molecule has 8 nitrogen and oxygen atoms in total. The molecule has 1 aromatic carbocycles. The van der Waals surface area contributed by atoms with Crippen LogP contribution in [0.5, 0.6) is 5.75 Å². The minimum Gasteiger partial charge on any atom is -0.511 e. The molecule has 4 rings (SSSR count). The molecule has 27 heavy (non-hydrogen) atoms. The van der Waals surface area contributed by atoms with E-state index in [0.29, 0.717) is 5.56 Å². The maximum Gasteiger partial charge on any atom is 0.255 e. The van der Waals surface area contributed by atoms with Gasteiger partial charge in [-0.05, 0) is 18.1 Å². The zero-order valence-corrected chi connectivity index (χ0v) is 14.0. The molecule has 1 saturated carbocycles. The summed E-state index contributed by atoms with van der Waals surface area (Å²) in [7, 11) is 0. The second-order valence-electron chi connectivity index (χ2n) is 7.13. The molecule has 1 amide bonds. The van der Waals surface area contributed by atoms with E-state index in [9.17, 15) is 34.8 Å². The topological polar surface area (TPSA) is 158 Å². The van der Waals surface area contributed by atoms with Crippen molar-refractivity contribution in [1.29, 1.82) is 0 Å². The number of aliphatic hydroxyl groups is 3. The smallest absolute Gasteiger partial charge is 0.255 e. The SMILES string of the molecule is NC(=O)C1=C(O)C2C(=O)C3=C(O)c4c(O)cccc4CC3[C@@H](O)[C@@H]2CC1=O. The van der Waals surface area contributed by atoms with Gasteiger partial charge in [-0.2, -0.15) is 0 Å². The Labute approximate surface area is 153 Å². The number of carbonyl (C=O) groups is 3. The highest BCUT2D eigenvalue weighted by molar-refractivity contribution is 6.21. The Kier molecular flexibility index (Phi) is 3.64. The number of phenolic OH excluding ortho intramolecular Hbond substituents is 1. The Hall–Kier alpha value is -3.13. The standard InChI is InChI=1S/C19H17NO7/c20-19(27)14-10(22)5-8-13(18(14)26)17(25)12-7(15(8)23)4-6-2-1-3-9(21)11(6)16(12)24/h1-3,7-8,13,15,21,23-24,26H,4-5H2,(H2,20,27)/t7?,8-,13?,15-/m1/s1. The van der Waals surface area contributed by atoms with Gasteiger partial charge in [-0.1, -0.05) is 12.1 Å². The summed E-state index contributed by atoms with van der Waals surface area (Å²) in [6.07, 6.45) is -1.33. The van der Waals surface area contributed by atoms with Crippen molar-refractivity contribution in [3.8, 4) is 5.75 Å². The van der Waals surface area contributed by atoms with Crippen LogP contribution in [0.1, 0.15) is 17.5 Å². The summed E-state index contributed by atoms with van der Waals surface area (Å²) in [5.41, 5.74) is 5.05. The number of hydrogen-bond acceptors (Lipinski definition) is 7. The molecule has 3 aliphatic rings. The third-order valence-electron chi connectivity index (χ3n) is 5.76. The first-order chi connectivity index (χ1) is 12.7. The lowest BCUT2D eigenvalue weighted by Crippen LogP contribution is -2.52. The molecule has 6 N–H and O–H groups in total. The lowest BCUT2D eigenvalue weighted by atomic mass is 9.60. The van der Waals surface area contributed by atoms with Crippen LogP contribution in [0, 0.1) is 17.8 Å². The molecule has 0 saturated heterocycles. The summed E-state index contributed by atoms with van der Waals surface area (Å²) in [5, 5.41) is 42.0. The zero-order chi connectivity index (χ0) is 19.6. The van der Waals surface area contributed by atoms with E-state index in [4.69, 9.17) is 5.73 Å². The highest BCUT2D eigenvalue weighted by atomic mass is 16.3. The number of aliphatic hydroxyl groups excluding tert-OH is 3. The number of aromatic hydroxyl groups is 1. The monoisotopic (exact) mass is 371 g/mol. The van der Waals surface area contributed by atoms with E-state index in [1.807, 2.05) is 0 Å². The number of carbonyl (C=O) groups excluding carboxylic acids is 3. The third kappa shape index (κ3) is 2.23. The number of benzene rings is 1. The average Bonchev–Trinajstić information content (AvgIpc) is 2.58. The van der Waals surface area contributed by atoms with Gasteiger partial charge in [-0.25, -0.2) is 0 Å². The molecule has 0 radical (unpaired) electrons. The predicted octanol–water partition coefficient (Wildman–Crippen LogP) is 0.280. The fourth-order valence-electron chi connectivity index (χ4n) is 4.57. The van der Waals surface area contributed by atoms with E-state index in [2.05, 4.69) is 0 Å². The van der Waals surface area contributed by atoms with E-state index < -0.39 is 58.4 Å². The summed E-state index contributed by atoms with van der Waals surface area (Å²) in [4.78, 5) is 36.8. The lowest BCUT2D eigenvalue weighted by molar-refractivity contribution is -0.133. The van der Waals surface area contributed by atoms with Gasteiger partial charge in [0.2, 0.25) is 0 Å². The molecule has 140 valence electrons. The van der Waals surface area contributed by atoms with Gasteiger partial charge in [0, 0.05) is 23.8 Å². The number of Topliss-reactive ketones (excluding diaryl/α,β-unsaturated/α-hetero) is 2. The molecule has 0 aliphatic heterocycles. The van der Waals surface area contributed by atoms with Crippen LogP contribution < -0.4 is 5.73 Å². The maximum atomic E-state index is 13.1. The molecule has 3 aliphatic carbocycles. The Morgan fingerprint density at radius 1 is 1.11 bits per heavy atom. The normalized spacial score (nSPS) is 30.0. The van der Waals surface area contributed by atoms with E-state index in [0.717, 1.165) is 0 Å². The van der Waals surface area contributed by atoms with Gasteiger partial charge in [0.1, 0.15) is 22.8 Å². The quantitative estimate of drug-likeness (QED) is 0.443. The van der Waals surface area contributed by atoms with Crippen molar-refractivity contribution < 1.29 is 34.8 Å². The van der Waals surface area contributed by atoms with Crippen LogP contribution in [0.3, 0.4) is 0 Å². The third-order valence-corrected chi connectivity index (χ3v) is 5.76. The van der Waals surface area contributed by atoms with Crippen molar-refractivity contribution in [3.63, 3.8) is 0 Å². The molecular weight excluding hydrogens is 354 g/mol. The van der Waals surface area contributed by atoms with E-state index in [-0.39, 0.29) is 29.7 Å². The minimum absolute atomic E-state index is 0.105. The molecule has 0 heterocycles. The fourth-order valence-corrected chi connectivity index (χ4v) is 4.57. The lowest BCUT2D eigenvalue weighted by Gasteiger charge is -2.44. The summed E-state index contributed by atoms with van der Waals surface area (Å²) in [6.45, 7) is 0. The summed E-state index contributed by atoms with van der Waals surface area (Å²) in [6, 6.07) is 4.62. The van der Waals surface area contributed by atoms with Gasteiger partial charge < -0.3 is 26.2 Å². The molecule has 0 bridgehead atoms. The van der Waals surface area contributed by atoms with Crippen LogP contribution in [-0.2, 0) is 20.8 Å². The molecule has 1 aromatic rings. The highest BCUT2D eigenvalue weighted by Crippen LogP contribution is 2.49. The number of primary amides is 1. The second kappa shape index (κ2) is 5.68. The number of amides is 1. The van der Waals surface area contributed by atoms with Crippen LogP contribution in [0.25, 0.3) is 5.76 Å². The summed E-state index contributed by atoms with van der Waals surface area (Å²) >= 11 is 0. The fraction of sp³-hybridized carbons (Fsp3) is 0.316. The van der Waals surface area contributed by atoms with Crippen molar-refractivity contribution >= 4 is 23.2 Å². The van der Waals surface area contributed by atoms with Gasteiger partial charge in [-0.15, -0.1) is 0 Å². The Morgan fingerprint density at radius 2 is 1.81 bits per heavy atom. The van der Waals surface area contributed by atoms with Crippen LogP contribution in [0.15, 0.2) is 35.1 Å². The number of rotatable bonds is 1. The average molecular weight is 371 g/mol. The van der Waals surface area contributed by atoms with Gasteiger partial charge in [-0.3, -0.25) is 14.4 Å². The van der Waals surface area contributed by atoms with Crippen LogP contribution in [0.4, 0.5) is 0 Å². The highest BCUT2D eigenvalue weighted by Gasteiger charge is 2.55. The molecule has 0 spiro atoms. The Morgan fingerprint density at radius 3 is 2.48 bits per heavy atom.